The highest BCUT2D eigenvalue weighted by Crippen LogP contribution is 2.09. The minimum Gasteiger partial charge on any atom is -0.481 e. The zero-order valence-electron chi connectivity index (χ0n) is 18.8. The number of carbonyl (C=O) groups excluding carboxylic acids is 4. The number of nitrogens with two attached hydrogens (primary N) is 2. The first-order valence-electron chi connectivity index (χ1n) is 10.3. The van der Waals surface area contributed by atoms with Gasteiger partial charge in [-0.25, -0.2) is 4.79 Å². The highest BCUT2D eigenvalue weighted by atomic mass is 16.4. The van der Waals surface area contributed by atoms with Crippen molar-refractivity contribution in [1.29, 1.82) is 0 Å². The molecule has 0 aromatic carbocycles. The van der Waals surface area contributed by atoms with Crippen LogP contribution in [-0.4, -0.2) is 81.0 Å². The summed E-state index contributed by atoms with van der Waals surface area (Å²) in [5.41, 5.74) is 10.6. The summed E-state index contributed by atoms with van der Waals surface area (Å²) in [7, 11) is 0. The lowest BCUT2D eigenvalue weighted by Gasteiger charge is -2.25. The van der Waals surface area contributed by atoms with Crippen LogP contribution in [0.2, 0.25) is 0 Å². The molecule has 0 aromatic rings. The summed E-state index contributed by atoms with van der Waals surface area (Å²) in [6.45, 7) is 3.22. The fourth-order valence-electron chi connectivity index (χ4n) is 2.68. The van der Waals surface area contributed by atoms with E-state index in [0.29, 0.717) is 6.42 Å². The molecule has 0 spiro atoms. The van der Waals surface area contributed by atoms with Gasteiger partial charge in [0.25, 0.3) is 0 Å². The molecule has 0 aliphatic carbocycles. The average Bonchev–Trinajstić information content (AvgIpc) is 2.72. The van der Waals surface area contributed by atoms with E-state index in [2.05, 4.69) is 10.6 Å². The van der Waals surface area contributed by atoms with E-state index in [-0.39, 0.29) is 12.8 Å². The van der Waals surface area contributed by atoms with Crippen LogP contribution in [0.3, 0.4) is 0 Å². The minimum absolute atomic E-state index is 0.182. The van der Waals surface area contributed by atoms with Gasteiger partial charge in [-0.2, -0.15) is 0 Å². The molecule has 0 saturated carbocycles. The Labute approximate surface area is 194 Å². The zero-order chi connectivity index (χ0) is 26.6. The predicted molar refractivity (Wildman–Crippen MR) is 114 cm³/mol. The standard InChI is InChI=1S/C19H31N5O10/c1-3-8(2)15(19(33)34)24-18(32)11(7-14(28)29)23-17(31)10(6-13(26)27)22-16(30)9(20)4-5-12(21)25/h8-11,15H,3-7,20H2,1-2H3,(H2,21,25)(H,22,30)(H,23,31)(H,24,32)(H,26,27)(H,28,29)(H,33,34). The second-order valence-corrected chi connectivity index (χ2v) is 7.64. The van der Waals surface area contributed by atoms with Crippen molar-refractivity contribution < 1.29 is 48.9 Å². The van der Waals surface area contributed by atoms with E-state index in [1.807, 2.05) is 5.32 Å². The summed E-state index contributed by atoms with van der Waals surface area (Å²) in [5.74, 6) is -8.96. The Hall–Kier alpha value is -3.75. The normalized spacial score (nSPS) is 15.0. The summed E-state index contributed by atoms with van der Waals surface area (Å²) < 4.78 is 0. The van der Waals surface area contributed by atoms with Gasteiger partial charge in [0.1, 0.15) is 18.1 Å². The summed E-state index contributed by atoms with van der Waals surface area (Å²) >= 11 is 0. The number of aliphatic carboxylic acids is 3. The maximum absolute atomic E-state index is 12.6. The first-order valence-corrected chi connectivity index (χ1v) is 10.3. The Morgan fingerprint density at radius 1 is 0.794 bits per heavy atom. The topological polar surface area (TPSA) is 268 Å². The molecule has 0 radical (unpaired) electrons. The van der Waals surface area contributed by atoms with E-state index in [1.54, 1.807) is 13.8 Å². The second kappa shape index (κ2) is 14.4. The number of primary amides is 1. The molecule has 0 fully saturated rings. The summed E-state index contributed by atoms with van der Waals surface area (Å²) in [5, 5.41) is 33.7. The Morgan fingerprint density at radius 3 is 1.62 bits per heavy atom. The number of hydrogen-bond acceptors (Lipinski definition) is 8. The molecular weight excluding hydrogens is 458 g/mol. The van der Waals surface area contributed by atoms with Gasteiger partial charge in [0, 0.05) is 6.42 Å². The van der Waals surface area contributed by atoms with Crippen molar-refractivity contribution >= 4 is 41.5 Å². The molecule has 0 aliphatic rings. The van der Waals surface area contributed by atoms with Crippen molar-refractivity contribution in [3.63, 3.8) is 0 Å². The van der Waals surface area contributed by atoms with Crippen LogP contribution in [0.4, 0.5) is 0 Å². The Balaban J connectivity index is 5.56. The van der Waals surface area contributed by atoms with Crippen molar-refractivity contribution in [3.8, 4) is 0 Å². The molecule has 192 valence electrons. The molecule has 5 atom stereocenters. The van der Waals surface area contributed by atoms with Crippen molar-refractivity contribution in [2.45, 2.75) is 70.1 Å². The van der Waals surface area contributed by atoms with E-state index in [9.17, 15) is 38.7 Å². The monoisotopic (exact) mass is 489 g/mol. The third-order valence-corrected chi connectivity index (χ3v) is 4.84. The smallest absolute Gasteiger partial charge is 0.326 e. The van der Waals surface area contributed by atoms with E-state index >= 15 is 0 Å². The number of hydrogen-bond donors (Lipinski definition) is 8. The lowest BCUT2D eigenvalue weighted by Crippen LogP contribution is -2.58. The largest absolute Gasteiger partial charge is 0.481 e. The molecule has 34 heavy (non-hydrogen) atoms. The molecule has 0 saturated heterocycles. The van der Waals surface area contributed by atoms with Crippen molar-refractivity contribution in [1.82, 2.24) is 16.0 Å². The lowest BCUT2D eigenvalue weighted by atomic mass is 9.98. The van der Waals surface area contributed by atoms with Gasteiger partial charge >= 0.3 is 17.9 Å². The lowest BCUT2D eigenvalue weighted by molar-refractivity contribution is -0.145. The molecule has 0 heterocycles. The maximum Gasteiger partial charge on any atom is 0.326 e. The van der Waals surface area contributed by atoms with Crippen LogP contribution in [0.5, 0.6) is 0 Å². The number of amides is 4. The van der Waals surface area contributed by atoms with E-state index in [1.165, 1.54) is 0 Å². The van der Waals surface area contributed by atoms with Crippen molar-refractivity contribution in [2.24, 2.45) is 17.4 Å². The van der Waals surface area contributed by atoms with Gasteiger partial charge < -0.3 is 42.7 Å². The number of nitrogens with one attached hydrogen (secondary N) is 3. The third kappa shape index (κ3) is 11.2. The highest BCUT2D eigenvalue weighted by molar-refractivity contribution is 5.97. The average molecular weight is 489 g/mol. The summed E-state index contributed by atoms with van der Waals surface area (Å²) in [6.07, 6.45) is -1.94. The van der Waals surface area contributed by atoms with E-state index < -0.39 is 84.5 Å². The van der Waals surface area contributed by atoms with Crippen molar-refractivity contribution in [3.05, 3.63) is 0 Å². The molecule has 0 aliphatic heterocycles. The van der Waals surface area contributed by atoms with Crippen LogP contribution < -0.4 is 27.4 Å². The van der Waals surface area contributed by atoms with Gasteiger partial charge in [0.15, 0.2) is 0 Å². The first kappa shape index (κ1) is 30.2. The Kier molecular flexibility index (Phi) is 12.8. The third-order valence-electron chi connectivity index (χ3n) is 4.84. The number of carboxylic acids is 3. The molecule has 5 unspecified atom stereocenters. The van der Waals surface area contributed by atoms with Crippen LogP contribution in [0, 0.1) is 5.92 Å². The SMILES string of the molecule is CCC(C)C(NC(=O)C(CC(=O)O)NC(=O)C(CC(=O)O)NC(=O)C(N)CCC(N)=O)C(=O)O. The molecule has 15 nitrogen and oxygen atoms in total. The number of carboxylic acid groups (broad SMARTS) is 3. The fourth-order valence-corrected chi connectivity index (χ4v) is 2.68. The second-order valence-electron chi connectivity index (χ2n) is 7.64. The van der Waals surface area contributed by atoms with Gasteiger partial charge in [0.05, 0.1) is 18.9 Å². The van der Waals surface area contributed by atoms with Gasteiger partial charge in [-0.1, -0.05) is 20.3 Å². The molecule has 15 heteroatoms. The molecule has 0 rings (SSSR count). The molecule has 4 amide bonds. The quantitative estimate of drug-likeness (QED) is 0.109. The van der Waals surface area contributed by atoms with Crippen LogP contribution in [0.1, 0.15) is 46.0 Å². The van der Waals surface area contributed by atoms with E-state index in [4.69, 9.17) is 21.7 Å². The number of rotatable bonds is 16. The Bertz CT molecular complexity index is 802. The van der Waals surface area contributed by atoms with Crippen LogP contribution in [0.15, 0.2) is 0 Å². The fraction of sp³-hybridized carbons (Fsp3) is 0.632. The van der Waals surface area contributed by atoms with Crippen LogP contribution in [0.25, 0.3) is 0 Å². The number of carbonyl (C=O) groups is 7. The summed E-state index contributed by atoms with van der Waals surface area (Å²) in [6, 6.07) is -6.20. The van der Waals surface area contributed by atoms with Gasteiger partial charge in [-0.15, -0.1) is 0 Å². The predicted octanol–water partition coefficient (Wildman–Crippen LogP) is -2.89. The molecule has 0 aromatic heterocycles. The zero-order valence-corrected chi connectivity index (χ0v) is 18.8. The van der Waals surface area contributed by atoms with Gasteiger partial charge in [-0.3, -0.25) is 28.8 Å². The van der Waals surface area contributed by atoms with Crippen LogP contribution >= 0.6 is 0 Å². The highest BCUT2D eigenvalue weighted by Gasteiger charge is 2.33. The Morgan fingerprint density at radius 2 is 1.24 bits per heavy atom. The van der Waals surface area contributed by atoms with Crippen molar-refractivity contribution in [2.75, 3.05) is 0 Å². The van der Waals surface area contributed by atoms with Gasteiger partial charge in [-0.05, 0) is 12.3 Å². The summed E-state index contributed by atoms with van der Waals surface area (Å²) in [4.78, 5) is 81.9. The molecule has 0 bridgehead atoms. The molecular formula is C19H31N5O10. The maximum atomic E-state index is 12.6. The van der Waals surface area contributed by atoms with E-state index in [0.717, 1.165) is 0 Å². The van der Waals surface area contributed by atoms with Gasteiger partial charge in [0.2, 0.25) is 23.6 Å². The first-order chi connectivity index (χ1) is 15.7. The minimum atomic E-state index is -1.77. The van der Waals surface area contributed by atoms with Crippen LogP contribution in [-0.2, 0) is 33.6 Å². The molecule has 10 N–H and O–H groups in total.